The molecule has 0 spiro atoms. The second-order valence-electron chi connectivity index (χ2n) is 30.7. The smallest absolute Gasteiger partial charge is 0.263 e. The van der Waals surface area contributed by atoms with Crippen LogP contribution >= 0.6 is 0 Å². The van der Waals surface area contributed by atoms with Crippen LogP contribution in [0.25, 0.3) is 251 Å². The molecule has 11 heterocycles. The van der Waals surface area contributed by atoms with Crippen molar-refractivity contribution in [3.05, 3.63) is 355 Å². The zero-order valence-corrected chi connectivity index (χ0v) is 59.1. The van der Waals surface area contributed by atoms with Crippen LogP contribution in [0.5, 0.6) is 0 Å². The minimum absolute atomic E-state index is 0.0608. The van der Waals surface area contributed by atoms with Gasteiger partial charge in [0.05, 0.1) is 66.2 Å². The molecule has 27 rings (SSSR count). The molecule has 27 aromatic rings. The van der Waals surface area contributed by atoms with E-state index in [1.807, 2.05) is 113 Å². The molecular formula is C101H50N6O5. The van der Waals surface area contributed by atoms with Gasteiger partial charge >= 0.3 is 0 Å². The Balaban J connectivity index is 0.626. The highest BCUT2D eigenvalue weighted by Gasteiger charge is 2.29. The van der Waals surface area contributed by atoms with Gasteiger partial charge in [-0.3, -0.25) is 46.0 Å². The van der Waals surface area contributed by atoms with Gasteiger partial charge in [0, 0.05) is 124 Å². The second-order valence-corrected chi connectivity index (χ2v) is 30.7. The normalized spacial score (nSPS) is 12.8. The number of aromatic nitrogens is 6. The van der Waals surface area contributed by atoms with E-state index in [2.05, 4.69) is 217 Å². The third-order valence-electron chi connectivity index (χ3n) is 25.5. The lowest BCUT2D eigenvalue weighted by Gasteiger charge is -2.12. The van der Waals surface area contributed by atoms with Gasteiger partial charge in [-0.15, -0.1) is 0 Å². The molecule has 514 valence electrons. The number of hydrogen-bond donors (Lipinski definition) is 0. The summed E-state index contributed by atoms with van der Waals surface area (Å²) in [6.45, 7) is 0. The molecule has 11 aromatic heterocycles. The summed E-state index contributed by atoms with van der Waals surface area (Å²) in [5.41, 5.74) is 16.3. The molecule has 0 saturated heterocycles. The Morgan fingerprint density at radius 2 is 0.473 bits per heavy atom. The Kier molecular flexibility index (Phi) is 10.6. The van der Waals surface area contributed by atoms with E-state index in [0.717, 1.165) is 224 Å². The quantitative estimate of drug-likeness (QED) is 0.163. The molecule has 11 heteroatoms. The van der Waals surface area contributed by atoms with E-state index in [0.29, 0.717) is 26.9 Å². The highest BCUT2D eigenvalue weighted by molar-refractivity contribution is 6.35. The van der Waals surface area contributed by atoms with Gasteiger partial charge in [-0.05, 0) is 157 Å². The van der Waals surface area contributed by atoms with Gasteiger partial charge in [-0.2, -0.15) is 0 Å². The third-order valence-corrected chi connectivity index (χ3v) is 25.5. The lowest BCUT2D eigenvalue weighted by molar-refractivity contribution is 1.17. The van der Waals surface area contributed by atoms with Crippen LogP contribution in [0.2, 0.25) is 0 Å². The summed E-state index contributed by atoms with van der Waals surface area (Å²) in [5.74, 6) is 0. The summed E-state index contributed by atoms with van der Waals surface area (Å²) in [7, 11) is 0. The van der Waals surface area contributed by atoms with E-state index >= 15 is 14.4 Å². The number of rotatable bonds is 4. The molecule has 11 nitrogen and oxygen atoms in total. The number of benzene rings is 16. The monoisotopic (exact) mass is 1430 g/mol. The highest BCUT2D eigenvalue weighted by atomic mass is 16.1. The largest absolute Gasteiger partial charge is 0.309 e. The van der Waals surface area contributed by atoms with Crippen molar-refractivity contribution in [1.82, 2.24) is 26.6 Å². The minimum Gasteiger partial charge on any atom is -0.309 e. The van der Waals surface area contributed by atoms with Gasteiger partial charge < -0.3 is 4.57 Å². The number of pyridine rings is 5. The minimum atomic E-state index is -0.129. The van der Waals surface area contributed by atoms with E-state index < -0.39 is 0 Å². The maximum atomic E-state index is 15.7. The third kappa shape index (κ3) is 6.99. The van der Waals surface area contributed by atoms with Crippen molar-refractivity contribution in [3.63, 3.8) is 0 Å². The van der Waals surface area contributed by atoms with Crippen LogP contribution in [-0.2, 0) is 0 Å². The maximum Gasteiger partial charge on any atom is 0.263 e. The summed E-state index contributed by atoms with van der Waals surface area (Å²) < 4.78 is 11.8. The van der Waals surface area contributed by atoms with Crippen molar-refractivity contribution < 1.29 is 0 Å². The number of nitrogens with zero attached hydrogens (tertiary/aromatic N) is 6. The van der Waals surface area contributed by atoms with E-state index in [1.54, 1.807) is 0 Å². The number of fused-ring (bicyclic) bond motifs is 30. The first-order valence-corrected chi connectivity index (χ1v) is 37.8. The van der Waals surface area contributed by atoms with Gasteiger partial charge in [0.25, 0.3) is 27.8 Å². The zero-order valence-electron chi connectivity index (χ0n) is 59.1. The van der Waals surface area contributed by atoms with Gasteiger partial charge in [-0.25, -0.2) is 0 Å². The average molecular weight is 1430 g/mol. The van der Waals surface area contributed by atoms with Crippen LogP contribution in [0, 0.1) is 0 Å². The second kappa shape index (κ2) is 20.3. The fraction of sp³-hybridized carbons (Fsp3) is 0. The molecular weight excluding hydrogens is 1380 g/mol. The van der Waals surface area contributed by atoms with Crippen molar-refractivity contribution in [2.45, 2.75) is 0 Å². The molecule has 0 N–H and O–H groups in total. The Morgan fingerprint density at radius 3 is 1.03 bits per heavy atom. The fourth-order valence-corrected chi connectivity index (χ4v) is 20.9. The summed E-state index contributed by atoms with van der Waals surface area (Å²) in [5, 5.41) is 24.0. The molecule has 0 saturated carbocycles. The molecule has 0 aliphatic heterocycles. The van der Waals surface area contributed by atoms with E-state index in [9.17, 15) is 9.59 Å². The van der Waals surface area contributed by atoms with Crippen LogP contribution in [0.4, 0.5) is 0 Å². The van der Waals surface area contributed by atoms with Crippen LogP contribution in [0.15, 0.2) is 327 Å². The summed E-state index contributed by atoms with van der Waals surface area (Å²) in [4.78, 5) is 76.0. The fourth-order valence-electron chi connectivity index (χ4n) is 20.9. The first-order valence-electron chi connectivity index (χ1n) is 37.8. The Hall–Kier alpha value is -15.3. The molecule has 0 amide bonds. The van der Waals surface area contributed by atoms with Crippen LogP contribution in [-0.4, -0.2) is 26.6 Å². The van der Waals surface area contributed by atoms with Gasteiger partial charge in [0.15, 0.2) is 0 Å². The molecule has 16 aromatic carbocycles. The Labute approximate surface area is 628 Å². The molecule has 0 radical (unpaired) electrons. The lowest BCUT2D eigenvalue weighted by Crippen LogP contribution is -2.13. The molecule has 0 unspecified atom stereocenters. The van der Waals surface area contributed by atoms with Gasteiger partial charge in [-0.1, -0.05) is 206 Å². The van der Waals surface area contributed by atoms with Crippen LogP contribution in [0.1, 0.15) is 0 Å². The Bertz CT molecular complexity index is 9470. The Morgan fingerprint density at radius 1 is 0.152 bits per heavy atom. The zero-order chi connectivity index (χ0) is 73.3. The molecule has 0 fully saturated rings. The van der Waals surface area contributed by atoms with Crippen molar-refractivity contribution >= 4 is 212 Å². The van der Waals surface area contributed by atoms with Gasteiger partial charge in [0.2, 0.25) is 0 Å². The maximum absolute atomic E-state index is 15.7. The van der Waals surface area contributed by atoms with Crippen molar-refractivity contribution in [2.75, 3.05) is 0 Å². The summed E-state index contributed by atoms with van der Waals surface area (Å²) >= 11 is 0. The van der Waals surface area contributed by atoms with Gasteiger partial charge in [0.1, 0.15) is 0 Å². The van der Waals surface area contributed by atoms with E-state index in [1.165, 1.54) is 0 Å². The number of para-hydroxylation sites is 5. The standard InChI is InChI=1S/C101H50N6O5/c108-97-70-22-7-4-20-59(70)65-26-12-30-73-88-82(103(97)92(65)73)41-42-83-89(88)74-31-13-27-66-61-37-34-54(45-81(61)100(111)104(83)93(66)74)55-35-38-63-76-49-77-79-47-56(46-78-60-21-6-9-24-72(60)98(109)106(95(78)79)87(77)50-86(76)102(85(63)48-55)57-17-2-1-3-18-57)52-16-10-15-51(43-52)53-33-36-62-67-28-14-32-75-90-84(105(94(67)75)101(112)80(62)44-53)40-39-69-68-29-11-25-64-58-19-5-8-23-71(58)99(110)107(91(64)68)96(69)90/h1-50H. The number of hydrogen-bond acceptors (Lipinski definition) is 5. The van der Waals surface area contributed by atoms with Crippen molar-refractivity contribution in [2.24, 2.45) is 0 Å². The SMILES string of the molecule is O=c1c2ccccc2c2cc(-c3cccc(-c4ccc5c(c4)c(=O)n4c6ccc7c8cccc9c%10ccccc%10c(=O)n(c98)c7c6c6cccc5c64)c3)cc3c4cc5c6ccc(-c7ccc8c(c7)c(=O)n7c9ccc%10c(c%11cccc%12c%13ccccc%13c(=O)n%10c%12%11)c9c9cccc8c97)cc6n(-c6ccccc6)c5cc4n1c23. The topological polar surface area (TPSA) is 112 Å². The first kappa shape index (κ1) is 58.8. The van der Waals surface area contributed by atoms with Crippen molar-refractivity contribution in [3.8, 4) is 39.1 Å². The predicted octanol–water partition coefficient (Wildman–Crippen LogP) is 22.3. The molecule has 0 aliphatic rings. The molecule has 112 heavy (non-hydrogen) atoms. The highest BCUT2D eigenvalue weighted by Crippen LogP contribution is 2.49. The molecule has 0 bridgehead atoms. The van der Waals surface area contributed by atoms with Crippen LogP contribution < -0.4 is 27.8 Å². The summed E-state index contributed by atoms with van der Waals surface area (Å²) in [6, 6.07) is 104. The molecule has 0 atom stereocenters. The van der Waals surface area contributed by atoms with Crippen LogP contribution in [0.3, 0.4) is 0 Å². The van der Waals surface area contributed by atoms with Crippen molar-refractivity contribution in [1.29, 1.82) is 0 Å². The predicted molar refractivity (Wildman–Crippen MR) is 462 cm³/mol. The van der Waals surface area contributed by atoms with E-state index in [-0.39, 0.29) is 27.8 Å². The first-order chi connectivity index (χ1) is 55.2. The molecule has 0 aliphatic carbocycles. The van der Waals surface area contributed by atoms with E-state index in [4.69, 9.17) is 0 Å². The summed E-state index contributed by atoms with van der Waals surface area (Å²) in [6.07, 6.45) is 0. The lowest BCUT2D eigenvalue weighted by atomic mass is 9.94. The average Bonchev–Trinajstić information content (AvgIpc) is 1.53.